The summed E-state index contributed by atoms with van der Waals surface area (Å²) in [6.45, 7) is 5.46. The van der Waals surface area contributed by atoms with Crippen LogP contribution in [0.5, 0.6) is 0 Å². The van der Waals surface area contributed by atoms with E-state index in [4.69, 9.17) is 0 Å². The van der Waals surface area contributed by atoms with E-state index in [-0.39, 0.29) is 0 Å². The summed E-state index contributed by atoms with van der Waals surface area (Å²) in [6, 6.07) is 0. The SMILES string of the molecule is CC[C@@H]1CCCN(Cc2nn[nH]n2)C1. The maximum atomic E-state index is 3.97. The van der Waals surface area contributed by atoms with E-state index in [1.165, 1.54) is 32.4 Å². The molecule has 1 atom stereocenters. The Hall–Kier alpha value is -0.970. The zero-order valence-corrected chi connectivity index (χ0v) is 8.61. The molecule has 1 saturated heterocycles. The van der Waals surface area contributed by atoms with Crippen LogP contribution in [0.4, 0.5) is 0 Å². The first-order chi connectivity index (χ1) is 6.88. The maximum absolute atomic E-state index is 3.97. The van der Waals surface area contributed by atoms with Gasteiger partial charge in [-0.15, -0.1) is 10.2 Å². The highest BCUT2D eigenvalue weighted by Gasteiger charge is 2.19. The molecule has 0 saturated carbocycles. The molecule has 0 amide bonds. The lowest BCUT2D eigenvalue weighted by Gasteiger charge is -2.31. The van der Waals surface area contributed by atoms with Gasteiger partial charge in [0.1, 0.15) is 0 Å². The Morgan fingerprint density at radius 3 is 3.21 bits per heavy atom. The first kappa shape index (κ1) is 9.58. The maximum Gasteiger partial charge on any atom is 0.188 e. The van der Waals surface area contributed by atoms with E-state index in [2.05, 4.69) is 32.4 Å². The molecule has 5 nitrogen and oxygen atoms in total. The first-order valence-electron chi connectivity index (χ1n) is 5.33. The van der Waals surface area contributed by atoms with E-state index in [0.29, 0.717) is 0 Å². The van der Waals surface area contributed by atoms with Crippen LogP contribution < -0.4 is 0 Å². The van der Waals surface area contributed by atoms with Gasteiger partial charge in [0, 0.05) is 6.54 Å². The van der Waals surface area contributed by atoms with E-state index in [1.54, 1.807) is 0 Å². The number of piperidine rings is 1. The topological polar surface area (TPSA) is 57.7 Å². The van der Waals surface area contributed by atoms with E-state index in [9.17, 15) is 0 Å². The Morgan fingerprint density at radius 2 is 2.50 bits per heavy atom. The molecule has 1 aliphatic rings. The van der Waals surface area contributed by atoms with Crippen molar-refractivity contribution < 1.29 is 0 Å². The Kier molecular flexibility index (Phi) is 3.08. The van der Waals surface area contributed by atoms with Crippen molar-refractivity contribution in [3.63, 3.8) is 0 Å². The number of aromatic amines is 1. The fourth-order valence-corrected chi connectivity index (χ4v) is 2.08. The van der Waals surface area contributed by atoms with Crippen molar-refractivity contribution in [3.05, 3.63) is 5.82 Å². The fraction of sp³-hybridized carbons (Fsp3) is 0.889. The van der Waals surface area contributed by atoms with Gasteiger partial charge in [-0.2, -0.15) is 5.21 Å². The van der Waals surface area contributed by atoms with Crippen molar-refractivity contribution in [2.24, 2.45) is 5.92 Å². The van der Waals surface area contributed by atoms with Gasteiger partial charge in [0.05, 0.1) is 6.54 Å². The van der Waals surface area contributed by atoms with Gasteiger partial charge >= 0.3 is 0 Å². The van der Waals surface area contributed by atoms with Crippen LogP contribution in [0.1, 0.15) is 32.0 Å². The van der Waals surface area contributed by atoms with Crippen LogP contribution in [0.15, 0.2) is 0 Å². The molecular weight excluding hydrogens is 178 g/mol. The third-order valence-corrected chi connectivity index (χ3v) is 2.93. The van der Waals surface area contributed by atoms with E-state index in [0.717, 1.165) is 18.3 Å². The number of hydrogen-bond donors (Lipinski definition) is 1. The lowest BCUT2D eigenvalue weighted by atomic mass is 9.96. The summed E-state index contributed by atoms with van der Waals surface area (Å²) in [7, 11) is 0. The molecule has 0 aromatic carbocycles. The molecule has 0 radical (unpaired) electrons. The highest BCUT2D eigenvalue weighted by atomic mass is 15.5. The van der Waals surface area contributed by atoms with E-state index < -0.39 is 0 Å². The van der Waals surface area contributed by atoms with Gasteiger partial charge in [0.15, 0.2) is 5.82 Å². The average molecular weight is 195 g/mol. The van der Waals surface area contributed by atoms with Crippen LogP contribution in [0.2, 0.25) is 0 Å². The van der Waals surface area contributed by atoms with Crippen LogP contribution >= 0.6 is 0 Å². The summed E-state index contributed by atoms with van der Waals surface area (Å²) in [6.07, 6.45) is 3.96. The molecule has 1 aromatic heterocycles. The molecule has 1 aromatic rings. The fourth-order valence-electron chi connectivity index (χ4n) is 2.08. The summed E-state index contributed by atoms with van der Waals surface area (Å²) in [5, 5.41) is 14.0. The predicted octanol–water partition coefficient (Wildman–Crippen LogP) is 0.822. The van der Waals surface area contributed by atoms with Gasteiger partial charge in [-0.1, -0.05) is 18.6 Å². The molecule has 5 heteroatoms. The van der Waals surface area contributed by atoms with Crippen LogP contribution in [0.25, 0.3) is 0 Å². The number of H-pyrrole nitrogens is 1. The summed E-state index contributed by atoms with van der Waals surface area (Å²) < 4.78 is 0. The molecule has 0 unspecified atom stereocenters. The number of tetrazole rings is 1. The van der Waals surface area contributed by atoms with Gasteiger partial charge < -0.3 is 0 Å². The normalized spacial score (nSPS) is 23.9. The minimum Gasteiger partial charge on any atom is -0.296 e. The number of aromatic nitrogens is 4. The van der Waals surface area contributed by atoms with Crippen molar-refractivity contribution in [3.8, 4) is 0 Å². The molecule has 0 spiro atoms. The largest absolute Gasteiger partial charge is 0.296 e. The van der Waals surface area contributed by atoms with Crippen molar-refractivity contribution in [1.29, 1.82) is 0 Å². The Bertz CT molecular complexity index is 258. The Labute approximate surface area is 83.9 Å². The van der Waals surface area contributed by atoms with Crippen LogP contribution in [0.3, 0.4) is 0 Å². The molecule has 0 aliphatic carbocycles. The third kappa shape index (κ3) is 2.29. The Balaban J connectivity index is 1.86. The molecule has 78 valence electrons. The second-order valence-corrected chi connectivity index (χ2v) is 3.98. The van der Waals surface area contributed by atoms with Gasteiger partial charge in [0.25, 0.3) is 0 Å². The summed E-state index contributed by atoms with van der Waals surface area (Å²) in [5.41, 5.74) is 0. The van der Waals surface area contributed by atoms with Crippen LogP contribution in [-0.2, 0) is 6.54 Å². The third-order valence-electron chi connectivity index (χ3n) is 2.93. The van der Waals surface area contributed by atoms with Crippen molar-refractivity contribution in [2.75, 3.05) is 13.1 Å². The van der Waals surface area contributed by atoms with Gasteiger partial charge in [-0.3, -0.25) is 4.90 Å². The standard InChI is InChI=1S/C9H17N5/c1-2-8-4-3-5-14(6-8)7-9-10-12-13-11-9/h8H,2-7H2,1H3,(H,10,11,12,13)/t8-/m1/s1. The number of likely N-dealkylation sites (tertiary alicyclic amines) is 1. The summed E-state index contributed by atoms with van der Waals surface area (Å²) >= 11 is 0. The molecular formula is C9H17N5. The van der Waals surface area contributed by atoms with Gasteiger partial charge in [0.2, 0.25) is 0 Å². The molecule has 0 bridgehead atoms. The van der Waals surface area contributed by atoms with Crippen molar-refractivity contribution in [2.45, 2.75) is 32.7 Å². The van der Waals surface area contributed by atoms with Crippen LogP contribution in [0, 0.1) is 5.92 Å². The Morgan fingerprint density at radius 1 is 1.57 bits per heavy atom. The smallest absolute Gasteiger partial charge is 0.188 e. The summed E-state index contributed by atoms with van der Waals surface area (Å²) in [4.78, 5) is 2.42. The van der Waals surface area contributed by atoms with Gasteiger partial charge in [-0.25, -0.2) is 0 Å². The highest BCUT2D eigenvalue weighted by Crippen LogP contribution is 2.19. The van der Waals surface area contributed by atoms with Crippen LogP contribution in [-0.4, -0.2) is 38.6 Å². The van der Waals surface area contributed by atoms with Gasteiger partial charge in [-0.05, 0) is 25.3 Å². The highest BCUT2D eigenvalue weighted by molar-refractivity contribution is 4.80. The summed E-state index contributed by atoms with van der Waals surface area (Å²) in [5.74, 6) is 1.66. The second-order valence-electron chi connectivity index (χ2n) is 3.98. The lowest BCUT2D eigenvalue weighted by molar-refractivity contribution is 0.161. The zero-order valence-electron chi connectivity index (χ0n) is 8.61. The first-order valence-corrected chi connectivity index (χ1v) is 5.33. The molecule has 2 heterocycles. The minimum absolute atomic E-state index is 0.807. The zero-order chi connectivity index (χ0) is 9.80. The van der Waals surface area contributed by atoms with E-state index >= 15 is 0 Å². The average Bonchev–Trinajstić information content (AvgIpc) is 2.71. The monoisotopic (exact) mass is 195 g/mol. The molecule has 2 rings (SSSR count). The molecule has 1 aliphatic heterocycles. The molecule has 1 fully saturated rings. The quantitative estimate of drug-likeness (QED) is 0.775. The number of nitrogens with one attached hydrogen (secondary N) is 1. The lowest BCUT2D eigenvalue weighted by Crippen LogP contribution is -2.34. The molecule has 14 heavy (non-hydrogen) atoms. The number of nitrogens with zero attached hydrogens (tertiary/aromatic N) is 4. The second kappa shape index (κ2) is 4.50. The number of hydrogen-bond acceptors (Lipinski definition) is 4. The predicted molar refractivity (Wildman–Crippen MR) is 52.5 cm³/mol. The number of rotatable bonds is 3. The molecule has 1 N–H and O–H groups in total. The van der Waals surface area contributed by atoms with Crippen molar-refractivity contribution in [1.82, 2.24) is 25.5 Å². The van der Waals surface area contributed by atoms with Crippen molar-refractivity contribution >= 4 is 0 Å². The minimum atomic E-state index is 0.807. The van der Waals surface area contributed by atoms with E-state index in [1.807, 2.05) is 0 Å².